The van der Waals surface area contributed by atoms with Gasteiger partial charge in [-0.25, -0.2) is 0 Å². The Morgan fingerprint density at radius 2 is 1.86 bits per heavy atom. The first-order valence-electron chi connectivity index (χ1n) is 7.02. The summed E-state index contributed by atoms with van der Waals surface area (Å²) in [6, 6.07) is 3.04. The van der Waals surface area contributed by atoms with Crippen molar-refractivity contribution in [3.8, 4) is 0 Å². The maximum Gasteiger partial charge on any atom is 0.295 e. The number of carbonyl (C=O) groups excluding carboxylic acids is 2. The zero-order chi connectivity index (χ0) is 14.8. The molecule has 2 unspecified atom stereocenters. The molecular weight excluding hydrogens is 270 g/mol. The molecule has 1 aromatic rings. The van der Waals surface area contributed by atoms with E-state index in [4.69, 9.17) is 0 Å². The summed E-state index contributed by atoms with van der Waals surface area (Å²) in [7, 11) is 0. The van der Waals surface area contributed by atoms with Gasteiger partial charge in [-0.05, 0) is 25.0 Å². The number of aliphatic hydroxyl groups is 1. The molecule has 0 saturated heterocycles. The second kappa shape index (κ2) is 5.55. The summed E-state index contributed by atoms with van der Waals surface area (Å²) in [5.41, 5.74) is 0.297. The van der Waals surface area contributed by atoms with Gasteiger partial charge in [0.2, 0.25) is 0 Å². The lowest BCUT2D eigenvalue weighted by atomic mass is 9.80. The molecule has 0 bridgehead atoms. The Bertz CT molecular complexity index is 637. The number of aliphatic hydroxyl groups excluding tert-OH is 1. The van der Waals surface area contributed by atoms with Crippen molar-refractivity contribution < 1.29 is 14.7 Å². The second-order valence-corrected chi connectivity index (χ2v) is 5.34. The van der Waals surface area contributed by atoms with Gasteiger partial charge in [0.05, 0.1) is 0 Å². The van der Waals surface area contributed by atoms with Gasteiger partial charge in [-0.2, -0.15) is 0 Å². The Labute approximate surface area is 121 Å². The third-order valence-corrected chi connectivity index (χ3v) is 4.10. The molecule has 0 aliphatic heterocycles. The van der Waals surface area contributed by atoms with Crippen LogP contribution in [0.3, 0.4) is 0 Å². The highest BCUT2D eigenvalue weighted by molar-refractivity contribution is 6.01. The maximum atomic E-state index is 12.2. The van der Waals surface area contributed by atoms with Crippen molar-refractivity contribution in [3.63, 3.8) is 0 Å². The van der Waals surface area contributed by atoms with Crippen LogP contribution in [0.4, 0.5) is 0 Å². The second-order valence-electron chi connectivity index (χ2n) is 5.34. The van der Waals surface area contributed by atoms with E-state index in [1.165, 1.54) is 24.5 Å². The number of azo groups is 1. The van der Waals surface area contributed by atoms with Crippen molar-refractivity contribution in [2.24, 2.45) is 22.1 Å². The molecule has 3 rings (SSSR count). The van der Waals surface area contributed by atoms with E-state index < -0.39 is 5.91 Å². The summed E-state index contributed by atoms with van der Waals surface area (Å²) >= 11 is 0. The Kier molecular flexibility index (Phi) is 3.60. The lowest BCUT2D eigenvalue weighted by Gasteiger charge is -2.23. The highest BCUT2D eigenvalue weighted by Gasteiger charge is 2.43. The fraction of sp³-hybridized carbons (Fsp3) is 0.400. The molecule has 2 atom stereocenters. The van der Waals surface area contributed by atoms with E-state index in [1.807, 2.05) is 0 Å². The zero-order valence-electron chi connectivity index (χ0n) is 11.4. The molecule has 2 aliphatic rings. The predicted octanol–water partition coefficient (Wildman–Crippen LogP) is 2.83. The van der Waals surface area contributed by atoms with Crippen molar-refractivity contribution in [3.05, 3.63) is 41.5 Å². The van der Waals surface area contributed by atoms with E-state index in [0.29, 0.717) is 5.56 Å². The molecule has 0 spiro atoms. The van der Waals surface area contributed by atoms with E-state index in [9.17, 15) is 14.7 Å². The maximum absolute atomic E-state index is 12.2. The number of aromatic nitrogens is 1. The highest BCUT2D eigenvalue weighted by atomic mass is 16.3. The Morgan fingerprint density at radius 1 is 1.19 bits per heavy atom. The average molecular weight is 285 g/mol. The summed E-state index contributed by atoms with van der Waals surface area (Å²) in [6.45, 7) is 0. The van der Waals surface area contributed by atoms with Gasteiger partial charge in [0.15, 0.2) is 11.5 Å². The number of hydrogen-bond donors (Lipinski definition) is 1. The number of carbonyl (C=O) groups is 2. The van der Waals surface area contributed by atoms with Gasteiger partial charge < -0.3 is 5.11 Å². The van der Waals surface area contributed by atoms with Crippen molar-refractivity contribution in [1.29, 1.82) is 0 Å². The Hall–Kier alpha value is -2.37. The van der Waals surface area contributed by atoms with Crippen molar-refractivity contribution >= 4 is 11.7 Å². The number of nitrogens with zero attached hydrogens (tertiary/aromatic N) is 3. The van der Waals surface area contributed by atoms with Crippen molar-refractivity contribution in [2.45, 2.75) is 25.7 Å². The standard InChI is InChI=1S/C15H15N3O3/c19-13-10-3-1-2-4-11(10)14(20)12(13)17-18-15(21)9-5-7-16-8-6-9/h5-8,10-11,19H,1-4H2. The number of fused-ring (bicyclic) bond motifs is 1. The van der Waals surface area contributed by atoms with Crippen LogP contribution in [0.15, 0.2) is 46.2 Å². The molecule has 108 valence electrons. The minimum atomic E-state index is -0.555. The summed E-state index contributed by atoms with van der Waals surface area (Å²) < 4.78 is 0. The first kappa shape index (κ1) is 13.6. The van der Waals surface area contributed by atoms with Gasteiger partial charge in [0, 0.05) is 29.8 Å². The quantitative estimate of drug-likeness (QED) is 0.846. The number of pyridine rings is 1. The molecule has 6 heteroatoms. The fourth-order valence-corrected chi connectivity index (χ4v) is 3.00. The number of ketones is 1. The first-order chi connectivity index (χ1) is 10.2. The normalized spacial score (nSPS) is 25.4. The third-order valence-electron chi connectivity index (χ3n) is 4.10. The lowest BCUT2D eigenvalue weighted by molar-refractivity contribution is -0.120. The van der Waals surface area contributed by atoms with Crippen molar-refractivity contribution in [1.82, 2.24) is 4.98 Å². The number of hydrogen-bond acceptors (Lipinski definition) is 5. The van der Waals surface area contributed by atoms with Crippen molar-refractivity contribution in [2.75, 3.05) is 0 Å². The molecule has 1 amide bonds. The van der Waals surface area contributed by atoms with Gasteiger partial charge in [0.1, 0.15) is 5.76 Å². The van der Waals surface area contributed by atoms with Crippen LogP contribution in [0.2, 0.25) is 0 Å². The molecule has 2 aliphatic carbocycles. The van der Waals surface area contributed by atoms with Crippen LogP contribution in [0, 0.1) is 11.8 Å². The van der Waals surface area contributed by atoms with E-state index in [2.05, 4.69) is 15.2 Å². The average Bonchev–Trinajstić information content (AvgIpc) is 2.78. The summed E-state index contributed by atoms with van der Waals surface area (Å²) in [5, 5.41) is 17.4. The molecule has 1 saturated carbocycles. The minimum Gasteiger partial charge on any atom is -0.510 e. The molecule has 0 radical (unpaired) electrons. The monoisotopic (exact) mass is 285 g/mol. The summed E-state index contributed by atoms with van der Waals surface area (Å²) in [5.74, 6) is -1.08. The van der Waals surface area contributed by atoms with Crippen LogP contribution in [0.25, 0.3) is 0 Å². The van der Waals surface area contributed by atoms with Crippen LogP contribution >= 0.6 is 0 Å². The molecule has 21 heavy (non-hydrogen) atoms. The fourth-order valence-electron chi connectivity index (χ4n) is 3.00. The first-order valence-corrected chi connectivity index (χ1v) is 7.02. The molecule has 1 N–H and O–H groups in total. The SMILES string of the molecule is O=C(N=NC1=C(O)C2CCCCC2C1=O)c1ccncc1. The zero-order valence-corrected chi connectivity index (χ0v) is 11.4. The van der Waals surface area contributed by atoms with Crippen LogP contribution in [0.1, 0.15) is 36.0 Å². The molecule has 6 nitrogen and oxygen atoms in total. The smallest absolute Gasteiger partial charge is 0.295 e. The number of rotatable bonds is 2. The summed E-state index contributed by atoms with van der Waals surface area (Å²) in [6.07, 6.45) is 6.51. The predicted molar refractivity (Wildman–Crippen MR) is 73.5 cm³/mol. The van der Waals surface area contributed by atoms with Crippen LogP contribution < -0.4 is 0 Å². The third kappa shape index (κ3) is 2.49. The molecule has 1 fully saturated rings. The minimum absolute atomic E-state index is 0.00372. The Morgan fingerprint density at radius 3 is 2.52 bits per heavy atom. The number of allylic oxidation sites excluding steroid dienone is 2. The van der Waals surface area contributed by atoms with Crippen LogP contribution in [0.5, 0.6) is 0 Å². The van der Waals surface area contributed by atoms with E-state index in [0.717, 1.165) is 25.7 Å². The molecule has 1 heterocycles. The van der Waals surface area contributed by atoms with Gasteiger partial charge in [0.25, 0.3) is 5.91 Å². The summed E-state index contributed by atoms with van der Waals surface area (Å²) in [4.78, 5) is 27.8. The van der Waals surface area contributed by atoms with E-state index in [1.54, 1.807) is 0 Å². The molecule has 1 aromatic heterocycles. The topological polar surface area (TPSA) is 92.0 Å². The van der Waals surface area contributed by atoms with E-state index in [-0.39, 0.29) is 29.1 Å². The number of Topliss-reactive ketones (excluding diaryl/α,β-unsaturated/α-hetero) is 1. The molecule has 0 aromatic carbocycles. The molecular formula is C15H15N3O3. The largest absolute Gasteiger partial charge is 0.510 e. The van der Waals surface area contributed by atoms with Gasteiger partial charge >= 0.3 is 0 Å². The van der Waals surface area contributed by atoms with Crippen LogP contribution in [-0.4, -0.2) is 21.8 Å². The Balaban J connectivity index is 1.81. The highest BCUT2D eigenvalue weighted by Crippen LogP contribution is 2.42. The van der Waals surface area contributed by atoms with Crippen LogP contribution in [-0.2, 0) is 4.79 Å². The lowest BCUT2D eigenvalue weighted by Crippen LogP contribution is -2.21. The van der Waals surface area contributed by atoms with E-state index >= 15 is 0 Å². The number of amides is 1. The van der Waals surface area contributed by atoms with Gasteiger partial charge in [-0.3, -0.25) is 14.6 Å². The van der Waals surface area contributed by atoms with Gasteiger partial charge in [-0.15, -0.1) is 10.2 Å². The van der Waals surface area contributed by atoms with Gasteiger partial charge in [-0.1, -0.05) is 12.8 Å².